The van der Waals surface area contributed by atoms with Gasteiger partial charge in [0, 0.05) is 19.3 Å². The number of rotatable bonds is 4. The summed E-state index contributed by atoms with van der Waals surface area (Å²) in [6, 6.07) is 2.65. The van der Waals surface area contributed by atoms with E-state index in [1.54, 1.807) is 6.07 Å². The van der Waals surface area contributed by atoms with E-state index >= 15 is 0 Å². The SMILES string of the molecule is [O-][S+]1CC2(CCN(CC3(Cc4ccc(C(F)(F)F)nc4)CC3)C2)C1. The maximum atomic E-state index is 12.6. The van der Waals surface area contributed by atoms with Crippen molar-refractivity contribution >= 4 is 11.2 Å². The summed E-state index contributed by atoms with van der Waals surface area (Å²) in [7, 11) is 0. The van der Waals surface area contributed by atoms with Crippen molar-refractivity contribution in [3.05, 3.63) is 29.6 Å². The van der Waals surface area contributed by atoms with E-state index in [1.807, 2.05) is 0 Å². The van der Waals surface area contributed by atoms with Crippen LogP contribution in [0.1, 0.15) is 30.5 Å². The Morgan fingerprint density at radius 1 is 1.21 bits per heavy atom. The van der Waals surface area contributed by atoms with Gasteiger partial charge in [0.15, 0.2) is 0 Å². The van der Waals surface area contributed by atoms with Crippen molar-refractivity contribution in [1.82, 2.24) is 9.88 Å². The van der Waals surface area contributed by atoms with Crippen LogP contribution in [0, 0.1) is 10.8 Å². The van der Waals surface area contributed by atoms with Crippen molar-refractivity contribution in [3.8, 4) is 0 Å². The molecule has 0 bridgehead atoms. The van der Waals surface area contributed by atoms with Crippen LogP contribution in [-0.2, 0) is 23.8 Å². The molecule has 0 atom stereocenters. The van der Waals surface area contributed by atoms with E-state index < -0.39 is 23.0 Å². The Morgan fingerprint density at radius 2 is 1.96 bits per heavy atom. The number of pyridine rings is 1. The van der Waals surface area contributed by atoms with Gasteiger partial charge in [0.25, 0.3) is 0 Å². The van der Waals surface area contributed by atoms with Crippen LogP contribution < -0.4 is 0 Å². The highest BCUT2D eigenvalue weighted by atomic mass is 32.2. The quantitative estimate of drug-likeness (QED) is 0.777. The van der Waals surface area contributed by atoms with Gasteiger partial charge in [0.1, 0.15) is 17.2 Å². The van der Waals surface area contributed by atoms with E-state index in [0.29, 0.717) is 0 Å². The summed E-state index contributed by atoms with van der Waals surface area (Å²) in [4.78, 5) is 6.05. The molecule has 3 nitrogen and oxygen atoms in total. The molecule has 0 unspecified atom stereocenters. The lowest BCUT2D eigenvalue weighted by Crippen LogP contribution is -2.50. The normalized spacial score (nSPS) is 32.1. The molecule has 7 heteroatoms. The van der Waals surface area contributed by atoms with Crippen molar-refractivity contribution < 1.29 is 17.7 Å². The smallest absolute Gasteiger partial charge is 0.433 e. The molecule has 0 amide bonds. The highest BCUT2D eigenvalue weighted by Gasteiger charge is 2.54. The molecule has 0 radical (unpaired) electrons. The van der Waals surface area contributed by atoms with Crippen LogP contribution in [0.2, 0.25) is 0 Å². The van der Waals surface area contributed by atoms with E-state index in [-0.39, 0.29) is 10.8 Å². The predicted octanol–water partition coefficient (Wildman–Crippen LogP) is 2.88. The monoisotopic (exact) mass is 358 g/mol. The number of aromatic nitrogens is 1. The number of hydrogen-bond donors (Lipinski definition) is 0. The predicted molar refractivity (Wildman–Crippen MR) is 86.0 cm³/mol. The molecule has 3 heterocycles. The third-order valence-corrected chi connectivity index (χ3v) is 7.53. The maximum absolute atomic E-state index is 12.6. The van der Waals surface area contributed by atoms with Crippen molar-refractivity contribution in [2.24, 2.45) is 10.8 Å². The minimum absolute atomic E-state index is 0.204. The first-order valence-corrected chi connectivity index (χ1v) is 9.86. The summed E-state index contributed by atoms with van der Waals surface area (Å²) < 4.78 is 49.2. The zero-order chi connectivity index (χ0) is 17.0. The fraction of sp³-hybridized carbons (Fsp3) is 0.706. The Labute approximate surface area is 142 Å². The van der Waals surface area contributed by atoms with Crippen molar-refractivity contribution in [2.45, 2.75) is 31.9 Å². The van der Waals surface area contributed by atoms with E-state index in [2.05, 4.69) is 9.88 Å². The molecular formula is C17H21F3N2OS. The minimum Gasteiger partial charge on any atom is -0.616 e. The second-order valence-corrected chi connectivity index (χ2v) is 9.37. The second-order valence-electron chi connectivity index (χ2n) is 7.92. The topological polar surface area (TPSA) is 39.2 Å². The Morgan fingerprint density at radius 3 is 2.50 bits per heavy atom. The molecule has 1 saturated carbocycles. The average Bonchev–Trinajstić information content (AvgIpc) is 3.09. The summed E-state index contributed by atoms with van der Waals surface area (Å²) in [5.41, 5.74) is 0.557. The molecule has 4 rings (SSSR count). The van der Waals surface area contributed by atoms with Crippen LogP contribution in [0.5, 0.6) is 0 Å². The Hall–Kier alpha value is -0.790. The highest BCUT2D eigenvalue weighted by Crippen LogP contribution is 2.51. The largest absolute Gasteiger partial charge is 0.616 e. The zero-order valence-corrected chi connectivity index (χ0v) is 14.3. The van der Waals surface area contributed by atoms with Crippen LogP contribution in [-0.4, -0.2) is 45.6 Å². The molecule has 3 aliphatic rings. The summed E-state index contributed by atoms with van der Waals surface area (Å²) >= 11 is -0.612. The third kappa shape index (κ3) is 3.30. The minimum atomic E-state index is -4.37. The number of hydrogen-bond acceptors (Lipinski definition) is 3. The summed E-state index contributed by atoms with van der Waals surface area (Å²) in [6.07, 6.45) is 1.20. The standard InChI is InChI=1S/C17H21F3N2OS/c18-17(19,20)14-2-1-13(8-21-14)7-15(3-4-15)9-22-6-5-16(10-22)11-24(23)12-16/h1-2,8H,3-7,9-12H2. The number of likely N-dealkylation sites (tertiary alicyclic amines) is 1. The first kappa shape index (κ1) is 16.7. The van der Waals surface area contributed by atoms with Crippen LogP contribution in [0.3, 0.4) is 0 Å². The molecule has 2 saturated heterocycles. The van der Waals surface area contributed by atoms with Crippen LogP contribution >= 0.6 is 0 Å². The van der Waals surface area contributed by atoms with Crippen molar-refractivity contribution in [3.63, 3.8) is 0 Å². The van der Waals surface area contributed by atoms with Crippen molar-refractivity contribution in [1.29, 1.82) is 0 Å². The lowest BCUT2D eigenvalue weighted by atomic mass is 9.91. The first-order chi connectivity index (χ1) is 11.3. The van der Waals surface area contributed by atoms with Crippen molar-refractivity contribution in [2.75, 3.05) is 31.1 Å². The van der Waals surface area contributed by atoms with Gasteiger partial charge in [0.05, 0.1) is 5.41 Å². The maximum Gasteiger partial charge on any atom is 0.433 e. The molecule has 1 aromatic heterocycles. The van der Waals surface area contributed by atoms with Gasteiger partial charge < -0.3 is 9.45 Å². The van der Waals surface area contributed by atoms with E-state index in [9.17, 15) is 17.7 Å². The van der Waals surface area contributed by atoms with Gasteiger partial charge in [-0.1, -0.05) is 17.2 Å². The summed E-state index contributed by atoms with van der Waals surface area (Å²) in [6.45, 7) is 3.10. The fourth-order valence-corrected chi connectivity index (χ4v) is 5.96. The van der Waals surface area contributed by atoms with Gasteiger partial charge in [-0.2, -0.15) is 13.2 Å². The Bertz CT molecular complexity index is 609. The van der Waals surface area contributed by atoms with Crippen LogP contribution in [0.25, 0.3) is 0 Å². The summed E-state index contributed by atoms with van der Waals surface area (Å²) in [5.74, 6) is 1.69. The average molecular weight is 358 g/mol. The van der Waals surface area contributed by atoms with Gasteiger partial charge in [-0.3, -0.25) is 4.98 Å². The van der Waals surface area contributed by atoms with Crippen LogP contribution in [0.15, 0.2) is 18.3 Å². The van der Waals surface area contributed by atoms with E-state index in [4.69, 9.17) is 0 Å². The Kier molecular flexibility index (Phi) is 3.89. The molecule has 2 aliphatic heterocycles. The second kappa shape index (κ2) is 5.61. The zero-order valence-electron chi connectivity index (χ0n) is 13.4. The first-order valence-electron chi connectivity index (χ1n) is 8.37. The van der Waals surface area contributed by atoms with E-state index in [1.165, 1.54) is 6.20 Å². The van der Waals surface area contributed by atoms with Gasteiger partial charge in [-0.25, -0.2) is 0 Å². The Balaban J connectivity index is 1.35. The highest BCUT2D eigenvalue weighted by molar-refractivity contribution is 7.92. The van der Waals surface area contributed by atoms with Crippen LogP contribution in [0.4, 0.5) is 13.2 Å². The summed E-state index contributed by atoms with van der Waals surface area (Å²) in [5, 5.41) is 0. The molecule has 0 N–H and O–H groups in total. The van der Waals surface area contributed by atoms with E-state index in [0.717, 1.165) is 68.5 Å². The molecule has 24 heavy (non-hydrogen) atoms. The van der Waals surface area contributed by atoms with Gasteiger partial charge in [0.2, 0.25) is 0 Å². The number of alkyl halides is 3. The molecule has 132 valence electrons. The lowest BCUT2D eigenvalue weighted by Gasteiger charge is -2.39. The molecule has 1 spiro atoms. The molecule has 3 fully saturated rings. The van der Waals surface area contributed by atoms with Gasteiger partial charge >= 0.3 is 6.18 Å². The fourth-order valence-electron chi connectivity index (χ4n) is 4.21. The van der Waals surface area contributed by atoms with Gasteiger partial charge in [-0.15, -0.1) is 0 Å². The molecule has 1 aromatic rings. The lowest BCUT2D eigenvalue weighted by molar-refractivity contribution is -0.141. The molecule has 0 aromatic carbocycles. The molecular weight excluding hydrogens is 337 g/mol. The number of nitrogens with zero attached hydrogens (tertiary/aromatic N) is 2. The van der Waals surface area contributed by atoms with Gasteiger partial charge in [-0.05, 0) is 49.3 Å². The number of halogens is 3. The molecule has 1 aliphatic carbocycles. The third-order valence-electron chi connectivity index (χ3n) is 5.66.